The molecule has 1 aromatic heterocycles. The molecule has 1 heterocycles. The van der Waals surface area contributed by atoms with E-state index in [4.69, 9.17) is 0 Å². The average molecular weight is 211 g/mol. The molecule has 0 aromatic carbocycles. The Hall–Kier alpha value is -1.69. The summed E-state index contributed by atoms with van der Waals surface area (Å²) in [6.45, 7) is 1.69. The van der Waals surface area contributed by atoms with Gasteiger partial charge in [-0.05, 0) is 6.92 Å². The minimum atomic E-state index is -0.396. The van der Waals surface area contributed by atoms with Gasteiger partial charge in [0.1, 0.15) is 5.69 Å². The molecule has 0 atom stereocenters. The van der Waals surface area contributed by atoms with E-state index in [-0.39, 0.29) is 5.69 Å². The molecule has 0 saturated carbocycles. The van der Waals surface area contributed by atoms with Gasteiger partial charge in [-0.3, -0.25) is 14.8 Å². The second kappa shape index (κ2) is 4.22. The molecule has 82 valence electrons. The lowest BCUT2D eigenvalue weighted by atomic mass is 10.3. The molecule has 0 aliphatic rings. The third-order valence-corrected chi connectivity index (χ3v) is 2.09. The standard InChI is InChI=1S/C9H14N4O2/c1-7-9(13(14)15)8(10-12(7)4)5-6-11(2)3/h5-6H,1-4H3/p+1/b6-5+. The van der Waals surface area contributed by atoms with E-state index in [1.165, 1.54) is 4.68 Å². The van der Waals surface area contributed by atoms with E-state index in [2.05, 4.69) is 5.10 Å². The van der Waals surface area contributed by atoms with Gasteiger partial charge >= 0.3 is 5.69 Å². The largest absolute Gasteiger partial charge is 0.317 e. The van der Waals surface area contributed by atoms with Crippen LogP contribution in [-0.2, 0) is 7.05 Å². The fourth-order valence-corrected chi connectivity index (χ4v) is 1.21. The number of aromatic nitrogens is 2. The fourth-order valence-electron chi connectivity index (χ4n) is 1.21. The Labute approximate surface area is 88.0 Å². The molecular weight excluding hydrogens is 196 g/mol. The Morgan fingerprint density at radius 3 is 2.60 bits per heavy atom. The summed E-state index contributed by atoms with van der Waals surface area (Å²) in [5, 5.41) is 14.9. The first kappa shape index (κ1) is 11.4. The van der Waals surface area contributed by atoms with Gasteiger partial charge in [0.2, 0.25) is 0 Å². The van der Waals surface area contributed by atoms with Gasteiger partial charge in [0.05, 0.1) is 25.2 Å². The molecule has 15 heavy (non-hydrogen) atoms. The van der Waals surface area contributed by atoms with Gasteiger partial charge in [0.15, 0.2) is 5.69 Å². The summed E-state index contributed by atoms with van der Waals surface area (Å²) < 4.78 is 1.52. The van der Waals surface area contributed by atoms with Gasteiger partial charge in [0.25, 0.3) is 0 Å². The Morgan fingerprint density at radius 2 is 2.13 bits per heavy atom. The maximum Gasteiger partial charge on any atom is 0.317 e. The van der Waals surface area contributed by atoms with Crippen LogP contribution < -0.4 is 4.90 Å². The van der Waals surface area contributed by atoms with Gasteiger partial charge in [-0.15, -0.1) is 0 Å². The lowest BCUT2D eigenvalue weighted by molar-refractivity contribution is -0.800. The molecular formula is C9H15N4O2+. The zero-order valence-corrected chi connectivity index (χ0v) is 9.31. The molecule has 6 nitrogen and oxygen atoms in total. The van der Waals surface area contributed by atoms with Crippen LogP contribution in [-0.4, -0.2) is 28.8 Å². The number of nitrogens with zero attached hydrogens (tertiary/aromatic N) is 3. The van der Waals surface area contributed by atoms with Gasteiger partial charge in [-0.2, -0.15) is 5.10 Å². The molecule has 1 rings (SSSR count). The van der Waals surface area contributed by atoms with E-state index in [9.17, 15) is 10.1 Å². The minimum absolute atomic E-state index is 0.0787. The van der Waals surface area contributed by atoms with Crippen molar-refractivity contribution in [2.45, 2.75) is 6.92 Å². The maximum atomic E-state index is 10.8. The summed E-state index contributed by atoms with van der Waals surface area (Å²) in [5.41, 5.74) is 1.05. The predicted molar refractivity (Wildman–Crippen MR) is 56.4 cm³/mol. The monoisotopic (exact) mass is 211 g/mol. The molecule has 0 amide bonds. The van der Waals surface area contributed by atoms with Crippen molar-refractivity contribution in [3.63, 3.8) is 0 Å². The zero-order valence-electron chi connectivity index (χ0n) is 9.31. The van der Waals surface area contributed by atoms with Gasteiger partial charge < -0.3 is 4.90 Å². The molecule has 0 saturated heterocycles. The van der Waals surface area contributed by atoms with Crippen LogP contribution in [0.4, 0.5) is 5.69 Å². The quantitative estimate of drug-likeness (QED) is 0.554. The van der Waals surface area contributed by atoms with Crippen LogP contribution in [0.5, 0.6) is 0 Å². The van der Waals surface area contributed by atoms with Crippen molar-refractivity contribution in [2.75, 3.05) is 14.1 Å². The van der Waals surface area contributed by atoms with Crippen LogP contribution in [0.2, 0.25) is 0 Å². The van der Waals surface area contributed by atoms with Crippen LogP contribution >= 0.6 is 0 Å². The Kier molecular flexibility index (Phi) is 3.21. The van der Waals surface area contributed by atoms with Crippen LogP contribution in [0.15, 0.2) is 6.20 Å². The summed E-state index contributed by atoms with van der Waals surface area (Å²) in [7, 11) is 5.55. The van der Waals surface area contributed by atoms with Crippen LogP contribution in [0.25, 0.3) is 6.08 Å². The van der Waals surface area contributed by atoms with Gasteiger partial charge in [0, 0.05) is 13.1 Å². The highest BCUT2D eigenvalue weighted by Crippen LogP contribution is 2.22. The van der Waals surface area contributed by atoms with E-state index < -0.39 is 4.92 Å². The van der Waals surface area contributed by atoms with Crippen molar-refractivity contribution in [3.05, 3.63) is 27.7 Å². The molecule has 0 spiro atoms. The Balaban J connectivity index is 3.18. The maximum absolute atomic E-state index is 10.8. The van der Waals surface area contributed by atoms with Crippen molar-refractivity contribution >= 4 is 11.8 Å². The number of aryl methyl sites for hydroxylation is 1. The number of nitro groups is 1. The molecule has 0 unspecified atom stereocenters. The predicted octanol–water partition coefficient (Wildman–Crippen LogP) is -0.248. The van der Waals surface area contributed by atoms with Gasteiger partial charge in [-0.25, -0.2) is 0 Å². The third-order valence-electron chi connectivity index (χ3n) is 2.09. The summed E-state index contributed by atoms with van der Waals surface area (Å²) in [4.78, 5) is 11.5. The first-order valence-corrected chi connectivity index (χ1v) is 4.59. The second-order valence-electron chi connectivity index (χ2n) is 3.61. The summed E-state index contributed by atoms with van der Waals surface area (Å²) in [6, 6.07) is 0. The number of quaternary nitrogens is 1. The molecule has 0 radical (unpaired) electrons. The highest BCUT2D eigenvalue weighted by atomic mass is 16.6. The summed E-state index contributed by atoms with van der Waals surface area (Å²) >= 11 is 0. The highest BCUT2D eigenvalue weighted by Gasteiger charge is 2.21. The Morgan fingerprint density at radius 1 is 1.53 bits per heavy atom. The molecule has 1 N–H and O–H groups in total. The van der Waals surface area contributed by atoms with E-state index in [0.29, 0.717) is 11.4 Å². The third kappa shape index (κ3) is 2.41. The van der Waals surface area contributed by atoms with Crippen molar-refractivity contribution in [1.29, 1.82) is 0 Å². The van der Waals surface area contributed by atoms with Crippen molar-refractivity contribution in [3.8, 4) is 0 Å². The molecule has 0 fully saturated rings. The molecule has 1 aromatic rings. The lowest BCUT2D eigenvalue weighted by Gasteiger charge is -1.95. The number of nitrogens with one attached hydrogen (secondary N) is 1. The van der Waals surface area contributed by atoms with Crippen molar-refractivity contribution in [1.82, 2.24) is 9.78 Å². The number of hydrogen-bond donors (Lipinski definition) is 1. The topological polar surface area (TPSA) is 65.4 Å². The Bertz CT molecular complexity index is 406. The van der Waals surface area contributed by atoms with E-state index >= 15 is 0 Å². The first-order chi connectivity index (χ1) is 6.93. The van der Waals surface area contributed by atoms with E-state index in [1.54, 1.807) is 20.0 Å². The normalized spacial score (nSPS) is 11.5. The smallest absolute Gasteiger partial charge is 0.313 e. The van der Waals surface area contributed by atoms with Crippen molar-refractivity contribution < 1.29 is 9.82 Å². The fraction of sp³-hybridized carbons (Fsp3) is 0.444. The van der Waals surface area contributed by atoms with Crippen molar-refractivity contribution in [2.24, 2.45) is 7.05 Å². The summed E-state index contributed by atoms with van der Waals surface area (Å²) in [5.74, 6) is 0. The SMILES string of the molecule is Cc1c([N+](=O)[O-])c(/C=C/[NH+](C)C)nn1C. The van der Waals surface area contributed by atoms with Gasteiger partial charge in [-0.1, -0.05) is 0 Å². The van der Waals surface area contributed by atoms with Crippen LogP contribution in [0.1, 0.15) is 11.4 Å². The molecule has 0 bridgehead atoms. The first-order valence-electron chi connectivity index (χ1n) is 4.59. The minimum Gasteiger partial charge on any atom is -0.313 e. The summed E-state index contributed by atoms with van der Waals surface area (Å²) in [6.07, 6.45) is 3.48. The van der Waals surface area contributed by atoms with Crippen LogP contribution in [0.3, 0.4) is 0 Å². The number of rotatable bonds is 3. The molecule has 0 aliphatic heterocycles. The van der Waals surface area contributed by atoms with E-state index in [0.717, 1.165) is 4.90 Å². The zero-order chi connectivity index (χ0) is 11.6. The molecule has 0 aliphatic carbocycles. The van der Waals surface area contributed by atoms with E-state index in [1.807, 2.05) is 20.3 Å². The number of hydrogen-bond acceptors (Lipinski definition) is 3. The average Bonchev–Trinajstić information content (AvgIpc) is 2.39. The lowest BCUT2D eigenvalue weighted by Crippen LogP contribution is -3.00. The second-order valence-corrected chi connectivity index (χ2v) is 3.61. The highest BCUT2D eigenvalue weighted by molar-refractivity contribution is 5.58. The van der Waals surface area contributed by atoms with Crippen LogP contribution in [0, 0.1) is 17.0 Å². The molecule has 6 heteroatoms.